The molecule has 1 aliphatic carbocycles. The third kappa shape index (κ3) is 3.72. The Morgan fingerprint density at radius 2 is 2.06 bits per heavy atom. The van der Waals surface area contributed by atoms with Crippen LogP contribution in [0, 0.1) is 23.2 Å². The zero-order chi connectivity index (χ0) is 24.1. The molecule has 0 amide bonds. The summed E-state index contributed by atoms with van der Waals surface area (Å²) in [6.07, 6.45) is 4.93. The Morgan fingerprint density at radius 3 is 2.79 bits per heavy atom. The number of nitrogens with zero attached hydrogens (tertiary/aromatic N) is 4. The molecule has 2 aromatic rings. The van der Waals surface area contributed by atoms with E-state index in [1.54, 1.807) is 26.0 Å². The fourth-order valence-corrected chi connectivity index (χ4v) is 5.59. The number of carbonyl (C=O) groups is 1. The summed E-state index contributed by atoms with van der Waals surface area (Å²) in [5.74, 6) is -0.716. The van der Waals surface area contributed by atoms with Crippen LogP contribution in [-0.4, -0.2) is 51.3 Å². The molecule has 0 bridgehead atoms. The first kappa shape index (κ1) is 23.0. The molecule has 2 aliphatic heterocycles. The van der Waals surface area contributed by atoms with E-state index >= 15 is 0 Å². The molecule has 2 saturated heterocycles. The second-order valence-electron chi connectivity index (χ2n) is 10.0. The molecule has 3 fully saturated rings. The standard InChI is InChI=1S/C24H31N5O5/c1-14(15-7-5-4-6-8-15)22(30)31-11-17-19-20(34-23(2,3)33-19)24(12-25,32-17)18-10-9-16-21(26)27-13-28-29(16)18/h9-10,13-15,17,19-20H,4-8,11H2,1-3H3,(H2,26,27,28)/t14-,17-,19-,20-,24+/m1/s1. The van der Waals surface area contributed by atoms with Crippen molar-refractivity contribution in [1.29, 1.82) is 5.26 Å². The Kier molecular flexibility index (Phi) is 5.74. The third-order valence-corrected chi connectivity index (χ3v) is 7.38. The molecule has 2 aromatic heterocycles. The molecule has 34 heavy (non-hydrogen) atoms. The lowest BCUT2D eigenvalue weighted by Gasteiger charge is -2.29. The third-order valence-electron chi connectivity index (χ3n) is 7.38. The summed E-state index contributed by atoms with van der Waals surface area (Å²) in [5.41, 5.74) is 5.48. The Morgan fingerprint density at radius 1 is 1.29 bits per heavy atom. The van der Waals surface area contributed by atoms with Gasteiger partial charge in [-0.3, -0.25) is 4.79 Å². The van der Waals surface area contributed by atoms with Gasteiger partial charge in [0.25, 0.3) is 0 Å². The SMILES string of the molecule is C[C@@H](C(=O)OC[C@H]1O[C@@](C#N)(c2ccc3c(N)ncnn23)[C@@H]2OC(C)(C)O[C@@H]21)C1CCCCC1. The zero-order valence-corrected chi connectivity index (χ0v) is 19.8. The van der Waals surface area contributed by atoms with Crippen molar-refractivity contribution in [1.82, 2.24) is 14.6 Å². The van der Waals surface area contributed by atoms with Crippen molar-refractivity contribution in [3.05, 3.63) is 24.2 Å². The van der Waals surface area contributed by atoms with Crippen molar-refractivity contribution in [2.75, 3.05) is 12.3 Å². The van der Waals surface area contributed by atoms with Crippen LogP contribution in [0.4, 0.5) is 5.82 Å². The number of hydrogen-bond donors (Lipinski definition) is 1. The molecular formula is C24H31N5O5. The topological polar surface area (TPSA) is 134 Å². The molecule has 5 rings (SSSR count). The van der Waals surface area contributed by atoms with Crippen molar-refractivity contribution in [3.63, 3.8) is 0 Å². The van der Waals surface area contributed by atoms with Gasteiger partial charge in [-0.2, -0.15) is 10.4 Å². The minimum absolute atomic E-state index is 0.0274. The van der Waals surface area contributed by atoms with E-state index in [1.807, 2.05) is 6.92 Å². The summed E-state index contributed by atoms with van der Waals surface area (Å²) < 4.78 is 25.9. The monoisotopic (exact) mass is 469 g/mol. The molecular weight excluding hydrogens is 438 g/mol. The molecule has 2 N–H and O–H groups in total. The molecule has 5 atom stereocenters. The van der Waals surface area contributed by atoms with Gasteiger partial charge < -0.3 is 24.7 Å². The van der Waals surface area contributed by atoms with E-state index in [0.717, 1.165) is 25.7 Å². The van der Waals surface area contributed by atoms with Gasteiger partial charge in [-0.05, 0) is 44.7 Å². The fourth-order valence-electron chi connectivity index (χ4n) is 5.59. The Bertz CT molecular complexity index is 1120. The van der Waals surface area contributed by atoms with Crippen molar-refractivity contribution in [2.45, 2.75) is 82.6 Å². The molecule has 0 unspecified atom stereocenters. The van der Waals surface area contributed by atoms with E-state index < -0.39 is 29.7 Å². The maximum Gasteiger partial charge on any atom is 0.309 e. The van der Waals surface area contributed by atoms with Crippen LogP contribution < -0.4 is 5.73 Å². The van der Waals surface area contributed by atoms with Crippen LogP contribution in [0.1, 0.15) is 58.6 Å². The number of ether oxygens (including phenoxy) is 4. The van der Waals surface area contributed by atoms with Gasteiger partial charge in [-0.25, -0.2) is 9.50 Å². The number of rotatable bonds is 5. The number of hydrogen-bond acceptors (Lipinski definition) is 9. The maximum absolute atomic E-state index is 12.8. The van der Waals surface area contributed by atoms with Crippen molar-refractivity contribution < 1.29 is 23.7 Å². The average molecular weight is 470 g/mol. The average Bonchev–Trinajstić information content (AvgIpc) is 3.48. The molecule has 10 nitrogen and oxygen atoms in total. The first-order chi connectivity index (χ1) is 16.3. The van der Waals surface area contributed by atoms with E-state index in [4.69, 9.17) is 24.7 Å². The number of nitrogen functional groups attached to an aromatic ring is 1. The maximum atomic E-state index is 12.8. The summed E-state index contributed by atoms with van der Waals surface area (Å²) >= 11 is 0. The highest BCUT2D eigenvalue weighted by molar-refractivity contribution is 5.72. The highest BCUT2D eigenvalue weighted by Gasteiger charge is 2.65. The van der Waals surface area contributed by atoms with Gasteiger partial charge >= 0.3 is 5.97 Å². The molecule has 3 aliphatic rings. The highest BCUT2D eigenvalue weighted by atomic mass is 16.8. The predicted molar refractivity (Wildman–Crippen MR) is 120 cm³/mol. The minimum atomic E-state index is -1.53. The lowest BCUT2D eigenvalue weighted by molar-refractivity contribution is -0.207. The van der Waals surface area contributed by atoms with Gasteiger partial charge in [0, 0.05) is 0 Å². The van der Waals surface area contributed by atoms with E-state index in [9.17, 15) is 10.1 Å². The van der Waals surface area contributed by atoms with Gasteiger partial charge in [0.15, 0.2) is 11.6 Å². The van der Waals surface area contributed by atoms with E-state index in [1.165, 1.54) is 17.3 Å². The van der Waals surface area contributed by atoms with Crippen LogP contribution in [0.2, 0.25) is 0 Å². The van der Waals surface area contributed by atoms with Crippen LogP contribution in [0.15, 0.2) is 18.5 Å². The number of nitriles is 1. The second-order valence-corrected chi connectivity index (χ2v) is 10.0. The summed E-state index contributed by atoms with van der Waals surface area (Å²) in [5, 5.41) is 14.7. The quantitative estimate of drug-likeness (QED) is 0.656. The smallest absolute Gasteiger partial charge is 0.309 e. The van der Waals surface area contributed by atoms with Crippen molar-refractivity contribution in [2.24, 2.45) is 11.8 Å². The lowest BCUT2D eigenvalue weighted by atomic mass is 9.81. The first-order valence-corrected chi connectivity index (χ1v) is 12.0. The fraction of sp³-hybridized carbons (Fsp3) is 0.667. The molecule has 0 spiro atoms. The van der Waals surface area contributed by atoms with Crippen LogP contribution in [-0.2, 0) is 29.3 Å². The summed E-state index contributed by atoms with van der Waals surface area (Å²) in [4.78, 5) is 16.9. The normalized spacial score (nSPS) is 31.8. The first-order valence-electron chi connectivity index (χ1n) is 12.0. The summed E-state index contributed by atoms with van der Waals surface area (Å²) in [6.45, 7) is 5.49. The van der Waals surface area contributed by atoms with Crippen LogP contribution in [0.3, 0.4) is 0 Å². The number of carbonyl (C=O) groups excluding carboxylic acids is 1. The predicted octanol–water partition coefficient (Wildman–Crippen LogP) is 2.71. The number of nitrogens with two attached hydrogens (primary N) is 1. The minimum Gasteiger partial charge on any atom is -0.463 e. The highest BCUT2D eigenvalue weighted by Crippen LogP contribution is 2.49. The molecule has 4 heterocycles. The zero-order valence-electron chi connectivity index (χ0n) is 19.8. The molecule has 0 aromatic carbocycles. The van der Waals surface area contributed by atoms with Crippen molar-refractivity contribution in [3.8, 4) is 6.07 Å². The second kappa shape index (κ2) is 8.48. The van der Waals surface area contributed by atoms with Gasteiger partial charge in [0.1, 0.15) is 42.8 Å². The number of esters is 1. The number of anilines is 1. The van der Waals surface area contributed by atoms with Gasteiger partial charge in [0.2, 0.25) is 5.60 Å². The Balaban J connectivity index is 1.41. The van der Waals surface area contributed by atoms with Crippen LogP contribution >= 0.6 is 0 Å². The Labute approximate surface area is 198 Å². The van der Waals surface area contributed by atoms with Gasteiger partial charge in [-0.15, -0.1) is 0 Å². The molecule has 182 valence electrons. The van der Waals surface area contributed by atoms with Crippen LogP contribution in [0.5, 0.6) is 0 Å². The largest absolute Gasteiger partial charge is 0.463 e. The number of aromatic nitrogens is 3. The molecule has 10 heteroatoms. The summed E-state index contributed by atoms with van der Waals surface area (Å²) in [7, 11) is 0. The van der Waals surface area contributed by atoms with Crippen LogP contribution in [0.25, 0.3) is 5.52 Å². The molecule has 1 saturated carbocycles. The van der Waals surface area contributed by atoms with E-state index in [0.29, 0.717) is 17.1 Å². The number of fused-ring (bicyclic) bond motifs is 2. The lowest BCUT2D eigenvalue weighted by Crippen LogP contribution is -2.40. The van der Waals surface area contributed by atoms with E-state index in [2.05, 4.69) is 16.2 Å². The van der Waals surface area contributed by atoms with E-state index in [-0.39, 0.29) is 24.3 Å². The Hall–Kier alpha value is -2.74. The van der Waals surface area contributed by atoms with Crippen molar-refractivity contribution >= 4 is 17.3 Å². The summed E-state index contributed by atoms with van der Waals surface area (Å²) in [6, 6.07) is 5.77. The van der Waals surface area contributed by atoms with Gasteiger partial charge in [0.05, 0.1) is 11.6 Å². The van der Waals surface area contributed by atoms with Gasteiger partial charge in [-0.1, -0.05) is 26.2 Å². The molecule has 0 radical (unpaired) electrons.